The molecule has 2 aromatic rings. The molecule has 1 fully saturated rings. The number of nitrogens with zero attached hydrogens (tertiary/aromatic N) is 2. The van der Waals surface area contributed by atoms with E-state index in [2.05, 4.69) is 56.9 Å². The van der Waals surface area contributed by atoms with Gasteiger partial charge in [0.05, 0.1) is 25.2 Å². The largest absolute Gasteiger partial charge is 0.379 e. The van der Waals surface area contributed by atoms with E-state index in [1.165, 1.54) is 11.3 Å². The van der Waals surface area contributed by atoms with Crippen molar-refractivity contribution in [3.8, 4) is 0 Å². The third-order valence-electron chi connectivity index (χ3n) is 3.58. The summed E-state index contributed by atoms with van der Waals surface area (Å²) in [5, 5.41) is 4.38. The van der Waals surface area contributed by atoms with Crippen LogP contribution in [0.1, 0.15) is 11.3 Å². The quantitative estimate of drug-likeness (QED) is 0.872. The van der Waals surface area contributed by atoms with Crippen LogP contribution >= 0.6 is 15.9 Å². The summed E-state index contributed by atoms with van der Waals surface area (Å²) in [6.45, 7) is 4.49. The van der Waals surface area contributed by atoms with Crippen LogP contribution in [0, 0.1) is 6.92 Å². The molecule has 3 rings (SSSR count). The normalized spacial score (nSPS) is 17.4. The minimum absolute atomic E-state index is 0.0700. The van der Waals surface area contributed by atoms with Crippen molar-refractivity contribution in [3.05, 3.63) is 52.3 Å². The van der Waals surface area contributed by atoms with Crippen molar-refractivity contribution in [2.45, 2.75) is 18.9 Å². The molecule has 4 heteroatoms. The molecule has 1 saturated heterocycles. The van der Waals surface area contributed by atoms with Gasteiger partial charge in [0.2, 0.25) is 0 Å². The van der Waals surface area contributed by atoms with Crippen LogP contribution in [0.3, 0.4) is 0 Å². The van der Waals surface area contributed by atoms with E-state index in [4.69, 9.17) is 4.74 Å². The summed E-state index contributed by atoms with van der Waals surface area (Å²) in [5.41, 5.74) is 2.58. The maximum Gasteiger partial charge on any atom is 0.0616 e. The molecule has 0 N–H and O–H groups in total. The average Bonchev–Trinajstić information content (AvgIpc) is 2.69. The zero-order valence-electron chi connectivity index (χ0n) is 10.3. The first-order chi connectivity index (χ1) is 8.70. The maximum absolute atomic E-state index is 5.46. The second-order valence-electron chi connectivity index (χ2n) is 4.91. The van der Waals surface area contributed by atoms with Crippen LogP contribution in [0.4, 0.5) is 0 Å². The summed E-state index contributed by atoms with van der Waals surface area (Å²) in [7, 11) is 0. The van der Waals surface area contributed by atoms with Crippen LogP contribution in [0.15, 0.2) is 41.0 Å². The first-order valence-corrected chi connectivity index (χ1v) is 6.81. The maximum atomic E-state index is 5.46. The first-order valence-electron chi connectivity index (χ1n) is 6.02. The summed E-state index contributed by atoms with van der Waals surface area (Å²) in [4.78, 5) is 0. The minimum Gasteiger partial charge on any atom is -0.379 e. The van der Waals surface area contributed by atoms with E-state index in [1.54, 1.807) is 0 Å². The molecule has 0 atom stereocenters. The lowest BCUT2D eigenvalue weighted by Gasteiger charge is -2.42. The first kappa shape index (κ1) is 11.9. The van der Waals surface area contributed by atoms with Crippen LogP contribution in [-0.4, -0.2) is 23.0 Å². The number of ether oxygens (including phenoxy) is 1. The van der Waals surface area contributed by atoms with Gasteiger partial charge < -0.3 is 4.74 Å². The van der Waals surface area contributed by atoms with Gasteiger partial charge in [-0.25, -0.2) is 0 Å². The van der Waals surface area contributed by atoms with E-state index in [0.717, 1.165) is 24.2 Å². The number of rotatable bonds is 3. The number of halogens is 1. The Bertz CT molecular complexity index is 560. The SMILES string of the molecule is Cc1ccnn1CC1(c2cccc(Br)c2)COC1. The van der Waals surface area contributed by atoms with Crippen molar-refractivity contribution >= 4 is 15.9 Å². The zero-order chi connectivity index (χ0) is 12.6. The molecule has 1 aliphatic rings. The number of aryl methyl sites for hydroxylation is 1. The Morgan fingerprint density at radius 2 is 2.22 bits per heavy atom. The summed E-state index contributed by atoms with van der Waals surface area (Å²) in [5.74, 6) is 0. The second-order valence-corrected chi connectivity index (χ2v) is 5.83. The molecule has 18 heavy (non-hydrogen) atoms. The van der Waals surface area contributed by atoms with Gasteiger partial charge in [-0.3, -0.25) is 4.68 Å². The molecular formula is C14H15BrN2O. The van der Waals surface area contributed by atoms with Crippen molar-refractivity contribution < 1.29 is 4.74 Å². The van der Waals surface area contributed by atoms with E-state index in [1.807, 2.05) is 12.3 Å². The van der Waals surface area contributed by atoms with Crippen LogP contribution in [-0.2, 0) is 16.7 Å². The second kappa shape index (κ2) is 4.52. The fraction of sp³-hybridized carbons (Fsp3) is 0.357. The molecule has 0 spiro atoms. The third kappa shape index (κ3) is 1.99. The Morgan fingerprint density at radius 3 is 2.78 bits per heavy atom. The van der Waals surface area contributed by atoms with Gasteiger partial charge in [-0.2, -0.15) is 5.10 Å². The average molecular weight is 307 g/mol. The highest BCUT2D eigenvalue weighted by molar-refractivity contribution is 9.10. The topological polar surface area (TPSA) is 27.1 Å². The van der Waals surface area contributed by atoms with E-state index < -0.39 is 0 Å². The predicted molar refractivity (Wildman–Crippen MR) is 73.6 cm³/mol. The molecule has 1 aromatic heterocycles. The summed E-state index contributed by atoms with van der Waals surface area (Å²) < 4.78 is 8.64. The molecular weight excluding hydrogens is 292 g/mol. The minimum atomic E-state index is 0.0700. The van der Waals surface area contributed by atoms with Crippen LogP contribution < -0.4 is 0 Å². The lowest BCUT2D eigenvalue weighted by Crippen LogP contribution is -2.50. The monoisotopic (exact) mass is 306 g/mol. The molecule has 94 valence electrons. The lowest BCUT2D eigenvalue weighted by molar-refractivity contribution is -0.0703. The molecule has 0 amide bonds. The fourth-order valence-corrected chi connectivity index (χ4v) is 2.77. The van der Waals surface area contributed by atoms with Crippen LogP contribution in [0.2, 0.25) is 0 Å². The van der Waals surface area contributed by atoms with Gasteiger partial charge in [-0.05, 0) is 30.7 Å². The Balaban J connectivity index is 1.93. The van der Waals surface area contributed by atoms with E-state index >= 15 is 0 Å². The smallest absolute Gasteiger partial charge is 0.0616 e. The summed E-state index contributed by atoms with van der Waals surface area (Å²) in [6, 6.07) is 10.5. The Labute approximate surface area is 115 Å². The highest BCUT2D eigenvalue weighted by Gasteiger charge is 2.41. The number of hydrogen-bond donors (Lipinski definition) is 0. The zero-order valence-corrected chi connectivity index (χ0v) is 11.9. The Kier molecular flexibility index (Phi) is 2.99. The molecule has 0 unspecified atom stereocenters. The Morgan fingerprint density at radius 1 is 1.39 bits per heavy atom. The molecule has 1 aromatic carbocycles. The summed E-state index contributed by atoms with van der Waals surface area (Å²) in [6.07, 6.45) is 1.85. The molecule has 3 nitrogen and oxygen atoms in total. The molecule has 0 bridgehead atoms. The summed E-state index contributed by atoms with van der Waals surface area (Å²) >= 11 is 3.54. The van der Waals surface area contributed by atoms with Crippen LogP contribution in [0.25, 0.3) is 0 Å². The highest BCUT2D eigenvalue weighted by atomic mass is 79.9. The van der Waals surface area contributed by atoms with E-state index in [-0.39, 0.29) is 5.41 Å². The number of benzene rings is 1. The van der Waals surface area contributed by atoms with Gasteiger partial charge in [-0.15, -0.1) is 0 Å². The molecule has 0 aliphatic carbocycles. The van der Waals surface area contributed by atoms with E-state index in [9.17, 15) is 0 Å². The van der Waals surface area contributed by atoms with Crippen molar-refractivity contribution in [1.29, 1.82) is 0 Å². The molecule has 2 heterocycles. The van der Waals surface area contributed by atoms with Crippen molar-refractivity contribution in [2.24, 2.45) is 0 Å². The van der Waals surface area contributed by atoms with Gasteiger partial charge in [0.25, 0.3) is 0 Å². The van der Waals surface area contributed by atoms with Crippen LogP contribution in [0.5, 0.6) is 0 Å². The van der Waals surface area contributed by atoms with Gasteiger partial charge in [-0.1, -0.05) is 28.1 Å². The predicted octanol–water partition coefficient (Wildman–Crippen LogP) is 2.92. The molecule has 0 saturated carbocycles. The van der Waals surface area contributed by atoms with Gasteiger partial charge in [0, 0.05) is 16.4 Å². The fourth-order valence-electron chi connectivity index (χ4n) is 2.37. The molecule has 1 aliphatic heterocycles. The van der Waals surface area contributed by atoms with Crippen molar-refractivity contribution in [1.82, 2.24) is 9.78 Å². The standard InChI is InChI=1S/C14H15BrN2O/c1-11-5-6-16-17(11)8-14(9-18-10-14)12-3-2-4-13(15)7-12/h2-7H,8-10H2,1H3. The van der Waals surface area contributed by atoms with Gasteiger partial charge in [0.15, 0.2) is 0 Å². The molecule has 0 radical (unpaired) electrons. The number of hydrogen-bond acceptors (Lipinski definition) is 2. The number of aromatic nitrogens is 2. The van der Waals surface area contributed by atoms with Crippen molar-refractivity contribution in [3.63, 3.8) is 0 Å². The Hall–Kier alpha value is -1.13. The van der Waals surface area contributed by atoms with Gasteiger partial charge >= 0.3 is 0 Å². The lowest BCUT2D eigenvalue weighted by atomic mass is 9.78. The third-order valence-corrected chi connectivity index (χ3v) is 4.07. The van der Waals surface area contributed by atoms with Gasteiger partial charge in [0.1, 0.15) is 0 Å². The highest BCUT2D eigenvalue weighted by Crippen LogP contribution is 2.35. The van der Waals surface area contributed by atoms with E-state index in [0.29, 0.717) is 0 Å². The van der Waals surface area contributed by atoms with Crippen molar-refractivity contribution in [2.75, 3.05) is 13.2 Å².